The van der Waals surface area contributed by atoms with Gasteiger partial charge in [-0.2, -0.15) is 4.98 Å². The van der Waals surface area contributed by atoms with Crippen molar-refractivity contribution in [2.24, 2.45) is 0 Å². The third-order valence-electron chi connectivity index (χ3n) is 5.10. The molecule has 0 saturated carbocycles. The fourth-order valence-electron chi connectivity index (χ4n) is 3.05. The van der Waals surface area contributed by atoms with Gasteiger partial charge >= 0.3 is 6.03 Å². The van der Waals surface area contributed by atoms with Crippen LogP contribution in [0.4, 0.5) is 14.3 Å². The SMILES string of the molecule is CC(C)(CF)c1nc(CCNC(=O)Nc2nc3ccc(-c4cncc(S(C)(=O)=O)c4)cc3s2)no1. The molecule has 35 heavy (non-hydrogen) atoms. The minimum atomic E-state index is -3.37. The second-order valence-electron chi connectivity index (χ2n) is 8.55. The summed E-state index contributed by atoms with van der Waals surface area (Å²) in [6, 6.07) is 6.61. The summed E-state index contributed by atoms with van der Waals surface area (Å²) in [5.74, 6) is 0.593. The van der Waals surface area contributed by atoms with E-state index in [0.717, 1.165) is 16.5 Å². The van der Waals surface area contributed by atoms with Crippen molar-refractivity contribution in [1.29, 1.82) is 0 Å². The number of nitrogens with zero attached hydrogens (tertiary/aromatic N) is 4. The summed E-state index contributed by atoms with van der Waals surface area (Å²) in [7, 11) is -3.37. The molecule has 1 aromatic carbocycles. The molecule has 2 amide bonds. The Bertz CT molecular complexity index is 1480. The van der Waals surface area contributed by atoms with Crippen LogP contribution in [0.15, 0.2) is 46.1 Å². The van der Waals surface area contributed by atoms with Crippen LogP contribution in [0, 0.1) is 0 Å². The lowest BCUT2D eigenvalue weighted by Crippen LogP contribution is -2.30. The van der Waals surface area contributed by atoms with Crippen LogP contribution in [0.3, 0.4) is 0 Å². The van der Waals surface area contributed by atoms with Crippen LogP contribution in [0.1, 0.15) is 25.6 Å². The van der Waals surface area contributed by atoms with E-state index in [0.29, 0.717) is 28.5 Å². The van der Waals surface area contributed by atoms with Gasteiger partial charge in [0.25, 0.3) is 0 Å². The lowest BCUT2D eigenvalue weighted by molar-refractivity contribution is 0.252. The van der Waals surface area contributed by atoms with Gasteiger partial charge in [-0.05, 0) is 37.6 Å². The molecule has 4 rings (SSSR count). The number of hydrogen-bond donors (Lipinski definition) is 2. The number of urea groups is 1. The number of thiazole rings is 1. The molecule has 3 heterocycles. The number of carbonyl (C=O) groups is 1. The number of hydrogen-bond acceptors (Lipinski definition) is 9. The van der Waals surface area contributed by atoms with Crippen molar-refractivity contribution in [3.05, 3.63) is 48.4 Å². The van der Waals surface area contributed by atoms with E-state index in [-0.39, 0.29) is 17.3 Å². The number of alkyl halides is 1. The first-order chi connectivity index (χ1) is 16.5. The number of halogens is 1. The molecule has 10 nitrogen and oxygen atoms in total. The summed E-state index contributed by atoms with van der Waals surface area (Å²) in [6.07, 6.45) is 4.36. The average molecular weight is 519 g/mol. The Morgan fingerprint density at radius 3 is 2.71 bits per heavy atom. The number of sulfone groups is 1. The van der Waals surface area contributed by atoms with E-state index < -0.39 is 28.0 Å². The van der Waals surface area contributed by atoms with Crippen LogP contribution in [0.5, 0.6) is 0 Å². The predicted molar refractivity (Wildman–Crippen MR) is 130 cm³/mol. The Labute approximate surface area is 204 Å². The molecule has 3 aromatic heterocycles. The summed E-state index contributed by atoms with van der Waals surface area (Å²) in [5.41, 5.74) is 1.28. The smallest absolute Gasteiger partial charge is 0.321 e. The van der Waals surface area contributed by atoms with E-state index in [4.69, 9.17) is 4.52 Å². The highest BCUT2D eigenvalue weighted by molar-refractivity contribution is 7.90. The highest BCUT2D eigenvalue weighted by Gasteiger charge is 2.27. The summed E-state index contributed by atoms with van der Waals surface area (Å²) in [5, 5.41) is 9.62. The van der Waals surface area contributed by atoms with E-state index in [9.17, 15) is 17.6 Å². The zero-order valence-corrected chi connectivity index (χ0v) is 20.8. The molecule has 2 N–H and O–H groups in total. The maximum Gasteiger partial charge on any atom is 0.321 e. The van der Waals surface area contributed by atoms with Gasteiger partial charge in [0.05, 0.1) is 20.5 Å². The van der Waals surface area contributed by atoms with Crippen LogP contribution >= 0.6 is 11.3 Å². The average Bonchev–Trinajstić information content (AvgIpc) is 3.45. The van der Waals surface area contributed by atoms with Crippen LogP contribution in [-0.4, -0.2) is 54.0 Å². The molecular formula is C22H23FN6O4S2. The van der Waals surface area contributed by atoms with E-state index in [1.165, 1.54) is 17.5 Å². The molecule has 184 valence electrons. The maximum atomic E-state index is 13.1. The van der Waals surface area contributed by atoms with Crippen LogP contribution in [-0.2, 0) is 21.7 Å². The first kappa shape index (κ1) is 24.7. The molecule has 0 aliphatic rings. The zero-order valence-electron chi connectivity index (χ0n) is 19.2. The second-order valence-corrected chi connectivity index (χ2v) is 11.6. The van der Waals surface area contributed by atoms with Crippen molar-refractivity contribution in [2.75, 3.05) is 24.8 Å². The number of fused-ring (bicyclic) bond motifs is 1. The maximum absolute atomic E-state index is 13.1. The second kappa shape index (κ2) is 9.66. The first-order valence-electron chi connectivity index (χ1n) is 10.5. The molecule has 4 aromatic rings. The summed E-state index contributed by atoms with van der Waals surface area (Å²) in [6.45, 7) is 2.96. The Balaban J connectivity index is 1.38. The van der Waals surface area contributed by atoms with E-state index in [2.05, 4.69) is 30.7 Å². The van der Waals surface area contributed by atoms with Gasteiger partial charge in [-0.15, -0.1) is 0 Å². The fraction of sp³-hybridized carbons (Fsp3) is 0.318. The Hall–Kier alpha value is -3.45. The Morgan fingerprint density at radius 2 is 1.97 bits per heavy atom. The monoisotopic (exact) mass is 518 g/mol. The van der Waals surface area contributed by atoms with E-state index in [1.807, 2.05) is 12.1 Å². The molecule has 0 radical (unpaired) electrons. The normalized spacial score (nSPS) is 12.1. The molecule has 0 atom stereocenters. The number of benzene rings is 1. The lowest BCUT2D eigenvalue weighted by atomic mass is 9.96. The molecule has 13 heteroatoms. The first-order valence-corrected chi connectivity index (χ1v) is 13.3. The van der Waals surface area contributed by atoms with Crippen molar-refractivity contribution in [1.82, 2.24) is 25.4 Å². The molecule has 0 saturated heterocycles. The number of carbonyl (C=O) groups excluding carboxylic acids is 1. The predicted octanol–water partition coefficient (Wildman–Crippen LogP) is 3.76. The minimum absolute atomic E-state index is 0.140. The molecule has 0 aliphatic carbocycles. The number of anilines is 1. The van der Waals surface area contributed by atoms with Crippen molar-refractivity contribution in [3.8, 4) is 11.1 Å². The third-order valence-corrected chi connectivity index (χ3v) is 7.11. The van der Waals surface area contributed by atoms with E-state index >= 15 is 0 Å². The quantitative estimate of drug-likeness (QED) is 0.359. The van der Waals surface area contributed by atoms with E-state index in [1.54, 1.807) is 32.2 Å². The molecular weight excluding hydrogens is 495 g/mol. The van der Waals surface area contributed by atoms with Crippen LogP contribution < -0.4 is 10.6 Å². The lowest BCUT2D eigenvalue weighted by Gasteiger charge is -2.13. The minimum Gasteiger partial charge on any atom is -0.339 e. The van der Waals surface area contributed by atoms with Gasteiger partial charge in [0.15, 0.2) is 20.8 Å². The van der Waals surface area contributed by atoms with Gasteiger partial charge < -0.3 is 9.84 Å². The van der Waals surface area contributed by atoms with Gasteiger partial charge in [0, 0.05) is 37.2 Å². The van der Waals surface area contributed by atoms with Crippen LogP contribution in [0.2, 0.25) is 0 Å². The molecule has 0 fully saturated rings. The number of rotatable bonds is 8. The molecule has 0 bridgehead atoms. The Kier molecular flexibility index (Phi) is 6.81. The zero-order chi connectivity index (χ0) is 25.2. The van der Waals surface area contributed by atoms with Crippen molar-refractivity contribution in [3.63, 3.8) is 0 Å². The highest BCUT2D eigenvalue weighted by atomic mass is 32.2. The summed E-state index contributed by atoms with van der Waals surface area (Å²) in [4.78, 5) is 25.0. The topological polar surface area (TPSA) is 140 Å². The number of nitrogens with one attached hydrogen (secondary N) is 2. The van der Waals surface area contributed by atoms with Gasteiger partial charge in [0.2, 0.25) is 5.89 Å². The van der Waals surface area contributed by atoms with Gasteiger partial charge in [-0.25, -0.2) is 22.6 Å². The number of amides is 2. The van der Waals surface area contributed by atoms with Crippen molar-refractivity contribution >= 4 is 42.6 Å². The van der Waals surface area contributed by atoms with Gasteiger partial charge in [-0.1, -0.05) is 22.6 Å². The fourth-order valence-corrected chi connectivity index (χ4v) is 4.55. The number of pyridine rings is 1. The van der Waals surface area contributed by atoms with Gasteiger partial charge in [0.1, 0.15) is 6.67 Å². The van der Waals surface area contributed by atoms with Crippen molar-refractivity contribution < 1.29 is 22.1 Å². The molecule has 0 aliphatic heterocycles. The van der Waals surface area contributed by atoms with Gasteiger partial charge in [-0.3, -0.25) is 10.3 Å². The summed E-state index contributed by atoms with van der Waals surface area (Å²) >= 11 is 1.29. The molecule has 0 spiro atoms. The largest absolute Gasteiger partial charge is 0.339 e. The van der Waals surface area contributed by atoms with Crippen LogP contribution in [0.25, 0.3) is 21.3 Å². The standard InChI is InChI=1S/C22H23FN6O4S2/c1-22(2,12-23)19-27-18(29-33-19)6-7-25-20(30)28-21-26-16-5-4-13(9-17(16)34-21)14-8-15(11-24-10-14)35(3,31)32/h4-5,8-11H,6-7,12H2,1-3H3,(H2,25,26,28,30). The Morgan fingerprint density at radius 1 is 1.17 bits per heavy atom. The number of aromatic nitrogens is 4. The summed E-state index contributed by atoms with van der Waals surface area (Å²) < 4.78 is 42.6. The highest BCUT2D eigenvalue weighted by Crippen LogP contribution is 2.31. The third kappa shape index (κ3) is 5.80. The van der Waals surface area contributed by atoms with Crippen molar-refractivity contribution in [2.45, 2.75) is 30.6 Å². The molecule has 0 unspecified atom stereocenters.